The molecule has 0 aliphatic carbocycles. The maximum Gasteiger partial charge on any atom is 0.339 e. The molecule has 7 nitrogen and oxygen atoms in total. The van der Waals surface area contributed by atoms with Crippen LogP contribution in [0.1, 0.15) is 62.7 Å². The fourth-order valence-corrected chi connectivity index (χ4v) is 4.31. The summed E-state index contributed by atoms with van der Waals surface area (Å²) in [6.45, 7) is 5.70. The van der Waals surface area contributed by atoms with Gasteiger partial charge in [0.2, 0.25) is 0 Å². The molecule has 0 bridgehead atoms. The molecule has 2 aromatic rings. The van der Waals surface area contributed by atoms with Gasteiger partial charge in [0.15, 0.2) is 5.13 Å². The van der Waals surface area contributed by atoms with Gasteiger partial charge in [0.1, 0.15) is 5.69 Å². The van der Waals surface area contributed by atoms with Crippen molar-refractivity contribution >= 4 is 28.3 Å². The first kappa shape index (κ1) is 18.6. The molecule has 1 aliphatic heterocycles. The number of piperidine rings is 1. The summed E-state index contributed by atoms with van der Waals surface area (Å²) in [5, 5.41) is 6.78. The molecule has 26 heavy (non-hydrogen) atoms. The Kier molecular flexibility index (Phi) is 5.73. The number of aromatic amines is 1. The van der Waals surface area contributed by atoms with Crippen LogP contribution in [0.25, 0.3) is 0 Å². The molecule has 2 aromatic heterocycles. The highest BCUT2D eigenvalue weighted by atomic mass is 32.1. The van der Waals surface area contributed by atoms with Gasteiger partial charge in [-0.25, -0.2) is 9.78 Å². The normalized spacial score (nSPS) is 15.0. The Labute approximate surface area is 156 Å². The molecule has 1 aliphatic rings. The van der Waals surface area contributed by atoms with Gasteiger partial charge in [0, 0.05) is 16.8 Å². The molecular formula is C18H24N4O3S. The van der Waals surface area contributed by atoms with Crippen LogP contribution >= 0.6 is 11.3 Å². The Morgan fingerprint density at radius 1 is 1.38 bits per heavy atom. The third-order valence-electron chi connectivity index (χ3n) is 4.78. The summed E-state index contributed by atoms with van der Waals surface area (Å²) in [5.74, 6) is -0.222. The molecule has 0 unspecified atom stereocenters. The molecule has 3 heterocycles. The van der Waals surface area contributed by atoms with Crippen LogP contribution in [0.3, 0.4) is 0 Å². The molecule has 0 aromatic carbocycles. The van der Waals surface area contributed by atoms with Crippen LogP contribution in [0.5, 0.6) is 0 Å². The second-order valence-electron chi connectivity index (χ2n) is 6.37. The molecule has 0 atom stereocenters. The Bertz CT molecular complexity index is 805. The van der Waals surface area contributed by atoms with E-state index in [4.69, 9.17) is 4.74 Å². The summed E-state index contributed by atoms with van der Waals surface area (Å²) in [7, 11) is 1.34. The minimum atomic E-state index is -0.433. The number of nitrogens with zero attached hydrogens (tertiary/aromatic N) is 1. The first-order valence-electron chi connectivity index (χ1n) is 8.82. The van der Waals surface area contributed by atoms with Crippen LogP contribution in [-0.2, 0) is 11.2 Å². The number of ether oxygens (including phenoxy) is 1. The lowest BCUT2D eigenvalue weighted by molar-refractivity contribution is 0.0599. The molecule has 0 radical (unpaired) electrons. The fraction of sp³-hybridized carbons (Fsp3) is 0.500. The highest BCUT2D eigenvalue weighted by Crippen LogP contribution is 2.32. The molecule has 140 valence electrons. The van der Waals surface area contributed by atoms with E-state index in [-0.39, 0.29) is 5.91 Å². The smallest absolute Gasteiger partial charge is 0.339 e. The summed E-state index contributed by atoms with van der Waals surface area (Å²) in [6, 6.07) is 0. The monoisotopic (exact) mass is 376 g/mol. The molecule has 0 saturated carbocycles. The number of carbonyl (C=O) groups is 2. The first-order valence-corrected chi connectivity index (χ1v) is 9.64. The molecule has 8 heteroatoms. The van der Waals surface area contributed by atoms with Crippen molar-refractivity contribution in [2.24, 2.45) is 0 Å². The predicted molar refractivity (Wildman–Crippen MR) is 101 cm³/mol. The summed E-state index contributed by atoms with van der Waals surface area (Å²) < 4.78 is 4.84. The van der Waals surface area contributed by atoms with E-state index in [1.54, 1.807) is 6.92 Å². The number of rotatable bonds is 5. The molecule has 1 fully saturated rings. The minimum Gasteiger partial charge on any atom is -0.465 e. The van der Waals surface area contributed by atoms with Crippen LogP contribution in [0.15, 0.2) is 6.20 Å². The highest BCUT2D eigenvalue weighted by molar-refractivity contribution is 7.15. The van der Waals surface area contributed by atoms with E-state index in [2.05, 4.69) is 20.6 Å². The van der Waals surface area contributed by atoms with Gasteiger partial charge in [-0.3, -0.25) is 10.1 Å². The van der Waals surface area contributed by atoms with Crippen LogP contribution in [0.2, 0.25) is 0 Å². The van der Waals surface area contributed by atoms with Crippen molar-refractivity contribution in [2.75, 3.05) is 25.5 Å². The van der Waals surface area contributed by atoms with Crippen molar-refractivity contribution in [3.8, 4) is 0 Å². The van der Waals surface area contributed by atoms with Gasteiger partial charge in [0.25, 0.3) is 5.91 Å². The lowest BCUT2D eigenvalue weighted by Crippen LogP contribution is -2.26. The van der Waals surface area contributed by atoms with E-state index >= 15 is 0 Å². The lowest BCUT2D eigenvalue weighted by atomic mass is 9.97. The average Bonchev–Trinajstić information content (AvgIpc) is 3.26. The molecule has 0 spiro atoms. The summed E-state index contributed by atoms with van der Waals surface area (Å²) in [5.41, 5.74) is 2.12. The molecule has 3 rings (SSSR count). The molecule has 1 saturated heterocycles. The largest absolute Gasteiger partial charge is 0.465 e. The quantitative estimate of drug-likeness (QED) is 0.698. The Hall–Kier alpha value is -2.19. The Balaban J connectivity index is 1.77. The van der Waals surface area contributed by atoms with Crippen LogP contribution < -0.4 is 10.6 Å². The zero-order valence-electron chi connectivity index (χ0n) is 15.3. The van der Waals surface area contributed by atoms with Gasteiger partial charge in [-0.05, 0) is 50.8 Å². The van der Waals surface area contributed by atoms with E-state index in [9.17, 15) is 9.59 Å². The van der Waals surface area contributed by atoms with E-state index in [0.717, 1.165) is 25.9 Å². The van der Waals surface area contributed by atoms with Crippen molar-refractivity contribution < 1.29 is 14.3 Å². The molecular weight excluding hydrogens is 352 g/mol. The van der Waals surface area contributed by atoms with Crippen molar-refractivity contribution in [3.63, 3.8) is 0 Å². The first-order chi connectivity index (χ1) is 12.5. The van der Waals surface area contributed by atoms with Crippen molar-refractivity contribution in [3.05, 3.63) is 33.6 Å². The van der Waals surface area contributed by atoms with Gasteiger partial charge in [0.05, 0.1) is 12.7 Å². The van der Waals surface area contributed by atoms with Gasteiger partial charge in [-0.1, -0.05) is 6.92 Å². The van der Waals surface area contributed by atoms with Gasteiger partial charge < -0.3 is 15.0 Å². The van der Waals surface area contributed by atoms with E-state index in [1.807, 2.05) is 13.1 Å². The van der Waals surface area contributed by atoms with Crippen LogP contribution in [-0.4, -0.2) is 42.0 Å². The van der Waals surface area contributed by atoms with Gasteiger partial charge in [-0.2, -0.15) is 0 Å². The average molecular weight is 376 g/mol. The molecule has 3 N–H and O–H groups in total. The second-order valence-corrected chi connectivity index (χ2v) is 7.43. The highest BCUT2D eigenvalue weighted by Gasteiger charge is 2.24. The minimum absolute atomic E-state index is 0.293. The zero-order valence-corrected chi connectivity index (χ0v) is 16.1. The number of carbonyl (C=O) groups excluding carboxylic acids is 2. The number of methoxy groups -OCH3 is 1. The summed E-state index contributed by atoms with van der Waals surface area (Å²) in [6.07, 6.45) is 4.65. The maximum atomic E-state index is 12.7. The third-order valence-corrected chi connectivity index (χ3v) is 5.86. The topological polar surface area (TPSA) is 96.1 Å². The predicted octanol–water partition coefficient (Wildman–Crippen LogP) is 2.85. The van der Waals surface area contributed by atoms with Crippen molar-refractivity contribution in [1.82, 2.24) is 15.3 Å². The van der Waals surface area contributed by atoms with E-state index in [0.29, 0.717) is 40.0 Å². The Morgan fingerprint density at radius 2 is 2.12 bits per heavy atom. The fourth-order valence-electron chi connectivity index (χ4n) is 3.33. The van der Waals surface area contributed by atoms with Crippen LogP contribution in [0.4, 0.5) is 5.13 Å². The number of hydrogen-bond donors (Lipinski definition) is 3. The van der Waals surface area contributed by atoms with Crippen molar-refractivity contribution in [1.29, 1.82) is 0 Å². The third kappa shape index (κ3) is 3.66. The summed E-state index contributed by atoms with van der Waals surface area (Å²) in [4.78, 5) is 33.3. The number of amides is 1. The van der Waals surface area contributed by atoms with Gasteiger partial charge in [-0.15, -0.1) is 11.3 Å². The number of thiazole rings is 1. The number of H-pyrrole nitrogens is 1. The van der Waals surface area contributed by atoms with E-state index < -0.39 is 5.97 Å². The van der Waals surface area contributed by atoms with E-state index in [1.165, 1.54) is 23.3 Å². The Morgan fingerprint density at radius 3 is 2.77 bits per heavy atom. The second kappa shape index (κ2) is 8.01. The number of esters is 1. The SMILES string of the molecule is CCc1[nH]c(C(=O)Nc2ncc(C3CCNCC3)s2)c(C)c1C(=O)OC. The number of hydrogen-bond acceptors (Lipinski definition) is 6. The van der Waals surface area contributed by atoms with Crippen LogP contribution in [0, 0.1) is 6.92 Å². The number of anilines is 1. The maximum absolute atomic E-state index is 12.7. The summed E-state index contributed by atoms with van der Waals surface area (Å²) >= 11 is 1.52. The lowest BCUT2D eigenvalue weighted by Gasteiger charge is -2.20. The number of nitrogens with one attached hydrogen (secondary N) is 3. The standard InChI is InChI=1S/C18H24N4O3S/c1-4-12-14(17(24)25-3)10(2)15(21-12)16(23)22-18-20-9-13(26-18)11-5-7-19-8-6-11/h9,11,19,21H,4-8H2,1-3H3,(H,20,22,23). The molecule has 1 amide bonds. The van der Waals surface area contributed by atoms with Gasteiger partial charge >= 0.3 is 5.97 Å². The number of aromatic nitrogens is 2. The van der Waals surface area contributed by atoms with Crippen molar-refractivity contribution in [2.45, 2.75) is 39.0 Å². The number of aryl methyl sites for hydroxylation is 1. The zero-order chi connectivity index (χ0) is 18.7.